The van der Waals surface area contributed by atoms with Crippen LogP contribution < -0.4 is 5.32 Å². The van der Waals surface area contributed by atoms with Crippen molar-refractivity contribution in [2.75, 3.05) is 26.2 Å². The average Bonchev–Trinajstić information content (AvgIpc) is 2.84. The topological polar surface area (TPSA) is 15.3 Å². The summed E-state index contributed by atoms with van der Waals surface area (Å²) in [5.41, 5.74) is 1.90. The summed E-state index contributed by atoms with van der Waals surface area (Å²) in [5.74, 6) is 0. The van der Waals surface area contributed by atoms with E-state index in [-0.39, 0.29) is 0 Å². The summed E-state index contributed by atoms with van der Waals surface area (Å²) >= 11 is 0. The van der Waals surface area contributed by atoms with Gasteiger partial charge < -0.3 is 10.2 Å². The van der Waals surface area contributed by atoms with E-state index in [9.17, 15) is 0 Å². The Morgan fingerprint density at radius 3 is 2.65 bits per heavy atom. The maximum atomic E-state index is 3.72. The monoisotopic (exact) mass is 274 g/mol. The molecule has 2 nitrogen and oxygen atoms in total. The molecule has 0 aliphatic carbocycles. The highest BCUT2D eigenvalue weighted by molar-refractivity contribution is 5.14. The first-order chi connectivity index (χ1) is 9.53. The molecule has 112 valence electrons. The van der Waals surface area contributed by atoms with Crippen molar-refractivity contribution in [2.45, 2.75) is 46.1 Å². The second-order valence-corrected chi connectivity index (χ2v) is 7.29. The highest BCUT2D eigenvalue weighted by Gasteiger charge is 2.21. The van der Waals surface area contributed by atoms with E-state index >= 15 is 0 Å². The fourth-order valence-corrected chi connectivity index (χ4v) is 2.79. The number of likely N-dealkylation sites (tertiary alicyclic amines) is 1. The van der Waals surface area contributed by atoms with Gasteiger partial charge in [0.15, 0.2) is 0 Å². The van der Waals surface area contributed by atoms with Crippen LogP contribution >= 0.6 is 0 Å². The Kier molecular flexibility index (Phi) is 5.62. The third-order valence-electron chi connectivity index (χ3n) is 4.14. The van der Waals surface area contributed by atoms with Gasteiger partial charge in [-0.05, 0) is 43.3 Å². The van der Waals surface area contributed by atoms with Crippen LogP contribution in [0.1, 0.15) is 39.2 Å². The molecule has 0 spiro atoms. The van der Waals surface area contributed by atoms with Crippen LogP contribution in [0.4, 0.5) is 0 Å². The molecule has 2 heteroatoms. The Hall–Kier alpha value is -0.860. The van der Waals surface area contributed by atoms with Crippen LogP contribution in [-0.2, 0) is 6.42 Å². The molecule has 1 unspecified atom stereocenters. The van der Waals surface area contributed by atoms with Gasteiger partial charge in [-0.3, -0.25) is 0 Å². The van der Waals surface area contributed by atoms with Crippen molar-refractivity contribution < 1.29 is 0 Å². The van der Waals surface area contributed by atoms with Crippen LogP contribution in [0.2, 0.25) is 0 Å². The maximum absolute atomic E-state index is 3.72. The molecule has 1 fully saturated rings. The van der Waals surface area contributed by atoms with Crippen molar-refractivity contribution in [1.29, 1.82) is 0 Å². The van der Waals surface area contributed by atoms with E-state index in [1.54, 1.807) is 0 Å². The van der Waals surface area contributed by atoms with E-state index in [4.69, 9.17) is 0 Å². The molecule has 0 aromatic heterocycles. The molecule has 1 N–H and O–H groups in total. The molecule has 20 heavy (non-hydrogen) atoms. The van der Waals surface area contributed by atoms with Gasteiger partial charge in [-0.2, -0.15) is 0 Å². The molecule has 0 amide bonds. The number of hydrogen-bond donors (Lipinski definition) is 1. The number of nitrogens with one attached hydrogen (secondary N) is 1. The third kappa shape index (κ3) is 5.64. The molecule has 1 aliphatic heterocycles. The minimum Gasteiger partial charge on any atom is -0.313 e. The maximum Gasteiger partial charge on any atom is 0.0207 e. The number of rotatable bonds is 6. The predicted molar refractivity (Wildman–Crippen MR) is 87.1 cm³/mol. The van der Waals surface area contributed by atoms with Crippen LogP contribution in [0.5, 0.6) is 0 Å². The molecular weight excluding hydrogens is 244 g/mol. The Labute approximate surface area is 124 Å². The van der Waals surface area contributed by atoms with Gasteiger partial charge in [-0.15, -0.1) is 0 Å². The third-order valence-corrected chi connectivity index (χ3v) is 4.14. The highest BCUT2D eigenvalue weighted by Crippen LogP contribution is 2.18. The van der Waals surface area contributed by atoms with Crippen molar-refractivity contribution in [3.05, 3.63) is 35.9 Å². The number of nitrogens with zero attached hydrogens (tertiary/aromatic N) is 1. The molecule has 1 aliphatic rings. The van der Waals surface area contributed by atoms with Crippen LogP contribution in [0, 0.1) is 5.41 Å². The largest absolute Gasteiger partial charge is 0.313 e. The summed E-state index contributed by atoms with van der Waals surface area (Å²) in [5, 5.41) is 3.72. The van der Waals surface area contributed by atoms with E-state index in [0.29, 0.717) is 11.5 Å². The molecule has 0 radical (unpaired) electrons. The summed E-state index contributed by atoms with van der Waals surface area (Å²) in [6.07, 6.45) is 3.74. The van der Waals surface area contributed by atoms with E-state index in [2.05, 4.69) is 61.3 Å². The zero-order valence-electron chi connectivity index (χ0n) is 13.4. The van der Waals surface area contributed by atoms with Crippen molar-refractivity contribution >= 4 is 0 Å². The van der Waals surface area contributed by atoms with Gasteiger partial charge in [0.25, 0.3) is 0 Å². The average molecular weight is 274 g/mol. The van der Waals surface area contributed by atoms with Gasteiger partial charge in [0, 0.05) is 19.1 Å². The summed E-state index contributed by atoms with van der Waals surface area (Å²) in [7, 11) is 0. The molecular formula is C18H30N2. The predicted octanol–water partition coefficient (Wildman–Crippen LogP) is 3.33. The molecule has 0 bridgehead atoms. The molecule has 1 aromatic carbocycles. The van der Waals surface area contributed by atoms with Crippen molar-refractivity contribution in [1.82, 2.24) is 10.2 Å². The lowest BCUT2D eigenvalue weighted by Gasteiger charge is -2.21. The SMILES string of the molecule is CC(C)(C)CCNC1CCN(CCc2ccccc2)C1. The van der Waals surface area contributed by atoms with Crippen molar-refractivity contribution in [3.8, 4) is 0 Å². The second-order valence-electron chi connectivity index (χ2n) is 7.29. The van der Waals surface area contributed by atoms with Gasteiger partial charge in [0.05, 0.1) is 0 Å². The Morgan fingerprint density at radius 1 is 1.20 bits per heavy atom. The Bertz CT molecular complexity index is 380. The molecule has 1 saturated heterocycles. The van der Waals surface area contributed by atoms with Crippen LogP contribution in [0.3, 0.4) is 0 Å². The second kappa shape index (κ2) is 7.24. The summed E-state index contributed by atoms with van der Waals surface area (Å²) in [6.45, 7) is 11.8. The van der Waals surface area contributed by atoms with Crippen LogP contribution in [-0.4, -0.2) is 37.1 Å². The summed E-state index contributed by atoms with van der Waals surface area (Å²) in [4.78, 5) is 2.60. The highest BCUT2D eigenvalue weighted by atomic mass is 15.2. The van der Waals surface area contributed by atoms with Gasteiger partial charge in [0.1, 0.15) is 0 Å². The van der Waals surface area contributed by atoms with Gasteiger partial charge in [0.2, 0.25) is 0 Å². The molecule has 0 saturated carbocycles. The van der Waals surface area contributed by atoms with E-state index in [1.807, 2.05) is 0 Å². The Morgan fingerprint density at radius 2 is 1.95 bits per heavy atom. The fraction of sp³-hybridized carbons (Fsp3) is 0.667. The zero-order chi connectivity index (χ0) is 14.4. The lowest BCUT2D eigenvalue weighted by atomic mass is 9.92. The fourth-order valence-electron chi connectivity index (χ4n) is 2.79. The number of benzene rings is 1. The first-order valence-corrected chi connectivity index (χ1v) is 8.03. The first-order valence-electron chi connectivity index (χ1n) is 8.03. The normalized spacial score (nSPS) is 20.4. The van der Waals surface area contributed by atoms with Crippen molar-refractivity contribution in [3.63, 3.8) is 0 Å². The summed E-state index contributed by atoms with van der Waals surface area (Å²) in [6, 6.07) is 11.5. The first kappa shape index (κ1) is 15.5. The molecule has 1 heterocycles. The Balaban J connectivity index is 1.63. The van der Waals surface area contributed by atoms with Gasteiger partial charge >= 0.3 is 0 Å². The van der Waals surface area contributed by atoms with E-state index in [0.717, 1.165) is 6.54 Å². The van der Waals surface area contributed by atoms with Gasteiger partial charge in [-0.25, -0.2) is 0 Å². The lowest BCUT2D eigenvalue weighted by molar-refractivity contribution is 0.321. The minimum absolute atomic E-state index is 0.443. The molecule has 1 aromatic rings. The minimum atomic E-state index is 0.443. The smallest absolute Gasteiger partial charge is 0.0207 e. The number of hydrogen-bond acceptors (Lipinski definition) is 2. The zero-order valence-corrected chi connectivity index (χ0v) is 13.4. The quantitative estimate of drug-likeness (QED) is 0.856. The van der Waals surface area contributed by atoms with E-state index in [1.165, 1.54) is 44.5 Å². The summed E-state index contributed by atoms with van der Waals surface area (Å²) < 4.78 is 0. The molecule has 1 atom stereocenters. The van der Waals surface area contributed by atoms with Crippen LogP contribution in [0.15, 0.2) is 30.3 Å². The van der Waals surface area contributed by atoms with Crippen molar-refractivity contribution in [2.24, 2.45) is 5.41 Å². The van der Waals surface area contributed by atoms with Crippen LogP contribution in [0.25, 0.3) is 0 Å². The lowest BCUT2D eigenvalue weighted by Crippen LogP contribution is -2.34. The van der Waals surface area contributed by atoms with E-state index < -0.39 is 0 Å². The molecule has 2 rings (SSSR count). The standard InChI is InChI=1S/C18H30N2/c1-18(2,3)11-12-19-17-10-14-20(15-17)13-9-16-7-5-4-6-8-16/h4-8,17,19H,9-15H2,1-3H3. The van der Waals surface area contributed by atoms with Gasteiger partial charge in [-0.1, -0.05) is 51.1 Å².